The average molecular weight is 418 g/mol. The van der Waals surface area contributed by atoms with Gasteiger partial charge in [-0.25, -0.2) is 4.98 Å². The molecule has 4 nitrogen and oxygen atoms in total. The molecule has 1 saturated heterocycles. The summed E-state index contributed by atoms with van der Waals surface area (Å²) < 4.78 is 1.24. The van der Waals surface area contributed by atoms with E-state index >= 15 is 0 Å². The molecule has 5 heteroatoms. The van der Waals surface area contributed by atoms with Gasteiger partial charge in [-0.3, -0.25) is 9.69 Å². The Balaban J connectivity index is 1.27. The van der Waals surface area contributed by atoms with E-state index in [1.807, 2.05) is 17.0 Å². The molecular weight excluding hydrogens is 390 g/mol. The summed E-state index contributed by atoms with van der Waals surface area (Å²) in [5, 5.41) is 1.16. The van der Waals surface area contributed by atoms with Crippen LogP contribution in [0.15, 0.2) is 60.7 Å². The second-order valence-electron chi connectivity index (χ2n) is 8.19. The molecule has 2 aromatic carbocycles. The number of aromatic nitrogens is 1. The average Bonchev–Trinajstić information content (AvgIpc) is 3.24. The Bertz CT molecular complexity index is 1030. The standard InChI is InChI=1S/C25H27N3OS/c29-24(27-16-13-20(14-17-27)19-8-2-1-3-9-19)18-28-15-7-6-11-22(28)25-26-21-10-4-5-12-23(21)30-25/h1-5,8-10,12-13,22H,6-7,11,14-18H2/t22-/m0/s1. The predicted molar refractivity (Wildman–Crippen MR) is 123 cm³/mol. The van der Waals surface area contributed by atoms with Crippen LogP contribution in [0.1, 0.15) is 42.3 Å². The van der Waals surface area contributed by atoms with Gasteiger partial charge in [-0.2, -0.15) is 0 Å². The molecule has 3 heterocycles. The van der Waals surface area contributed by atoms with Gasteiger partial charge in [0.1, 0.15) is 5.01 Å². The van der Waals surface area contributed by atoms with Gasteiger partial charge in [0.2, 0.25) is 5.91 Å². The van der Waals surface area contributed by atoms with E-state index in [0.717, 1.165) is 42.9 Å². The Morgan fingerprint density at radius 2 is 1.87 bits per heavy atom. The molecule has 154 valence electrons. The molecule has 2 aliphatic heterocycles. The molecule has 30 heavy (non-hydrogen) atoms. The molecule has 1 aromatic heterocycles. The van der Waals surface area contributed by atoms with Crippen LogP contribution in [-0.2, 0) is 4.79 Å². The molecule has 0 unspecified atom stereocenters. The number of carbonyl (C=O) groups excluding carboxylic acids is 1. The molecule has 3 aromatic rings. The Labute approximate surface area is 181 Å². The van der Waals surface area contributed by atoms with E-state index in [2.05, 4.69) is 53.4 Å². The highest BCUT2D eigenvalue weighted by Crippen LogP contribution is 2.35. The van der Waals surface area contributed by atoms with Crippen molar-refractivity contribution in [3.8, 4) is 0 Å². The monoisotopic (exact) mass is 417 g/mol. The number of para-hydroxylation sites is 1. The Morgan fingerprint density at radius 3 is 2.67 bits per heavy atom. The van der Waals surface area contributed by atoms with Crippen LogP contribution in [-0.4, -0.2) is 46.9 Å². The van der Waals surface area contributed by atoms with Crippen LogP contribution in [0.3, 0.4) is 0 Å². The molecule has 0 saturated carbocycles. The van der Waals surface area contributed by atoms with Gasteiger partial charge >= 0.3 is 0 Å². The van der Waals surface area contributed by atoms with Gasteiger partial charge in [0.05, 0.1) is 22.8 Å². The fraction of sp³-hybridized carbons (Fsp3) is 0.360. The summed E-state index contributed by atoms with van der Waals surface area (Å²) in [4.78, 5) is 22.4. The van der Waals surface area contributed by atoms with Gasteiger partial charge in [0, 0.05) is 13.1 Å². The molecule has 0 spiro atoms. The lowest BCUT2D eigenvalue weighted by atomic mass is 9.99. The number of thiazole rings is 1. The van der Waals surface area contributed by atoms with Crippen LogP contribution in [0.4, 0.5) is 0 Å². The van der Waals surface area contributed by atoms with E-state index in [1.165, 1.54) is 22.3 Å². The maximum absolute atomic E-state index is 13.1. The van der Waals surface area contributed by atoms with Crippen LogP contribution in [0.25, 0.3) is 15.8 Å². The molecule has 1 amide bonds. The summed E-state index contributed by atoms with van der Waals surface area (Å²) in [6.07, 6.45) is 6.60. The van der Waals surface area contributed by atoms with Crippen LogP contribution in [0.2, 0.25) is 0 Å². The fourth-order valence-corrected chi connectivity index (χ4v) is 5.71. The smallest absolute Gasteiger partial charge is 0.237 e. The quantitative estimate of drug-likeness (QED) is 0.590. The lowest BCUT2D eigenvalue weighted by Crippen LogP contribution is -2.44. The maximum Gasteiger partial charge on any atom is 0.237 e. The first kappa shape index (κ1) is 19.5. The highest BCUT2D eigenvalue weighted by atomic mass is 32.1. The molecule has 0 N–H and O–H groups in total. The van der Waals surface area contributed by atoms with Crippen molar-refractivity contribution in [1.29, 1.82) is 0 Å². The van der Waals surface area contributed by atoms with Crippen LogP contribution >= 0.6 is 11.3 Å². The van der Waals surface area contributed by atoms with Crippen molar-refractivity contribution in [2.24, 2.45) is 0 Å². The predicted octanol–water partition coefficient (Wildman–Crippen LogP) is 5.14. The van der Waals surface area contributed by atoms with E-state index in [0.29, 0.717) is 13.1 Å². The van der Waals surface area contributed by atoms with E-state index in [1.54, 1.807) is 11.3 Å². The number of benzene rings is 2. The van der Waals surface area contributed by atoms with Gasteiger partial charge in [0.25, 0.3) is 0 Å². The number of hydrogen-bond acceptors (Lipinski definition) is 4. The topological polar surface area (TPSA) is 36.4 Å². The number of nitrogens with zero attached hydrogens (tertiary/aromatic N) is 3. The van der Waals surface area contributed by atoms with Crippen LogP contribution in [0.5, 0.6) is 0 Å². The minimum absolute atomic E-state index is 0.242. The number of amides is 1. The first-order valence-electron chi connectivity index (χ1n) is 10.9. The molecule has 2 aliphatic rings. The van der Waals surface area contributed by atoms with Gasteiger partial charge in [-0.05, 0) is 49.1 Å². The van der Waals surface area contributed by atoms with Gasteiger partial charge < -0.3 is 4.90 Å². The van der Waals surface area contributed by atoms with Crippen molar-refractivity contribution in [3.63, 3.8) is 0 Å². The first-order chi connectivity index (χ1) is 14.8. The summed E-state index contributed by atoms with van der Waals surface area (Å²) >= 11 is 1.78. The Kier molecular flexibility index (Phi) is 5.65. The fourth-order valence-electron chi connectivity index (χ4n) is 4.58. The zero-order chi connectivity index (χ0) is 20.3. The highest BCUT2D eigenvalue weighted by Gasteiger charge is 2.30. The van der Waals surface area contributed by atoms with Crippen LogP contribution < -0.4 is 0 Å². The summed E-state index contributed by atoms with van der Waals surface area (Å²) in [7, 11) is 0. The lowest BCUT2D eigenvalue weighted by molar-refractivity contribution is -0.133. The van der Waals surface area contributed by atoms with Gasteiger partial charge in [-0.15, -0.1) is 11.3 Å². The van der Waals surface area contributed by atoms with Crippen molar-refractivity contribution >= 4 is 33.0 Å². The Hall–Kier alpha value is -2.50. The molecule has 0 bridgehead atoms. The Morgan fingerprint density at radius 1 is 1.03 bits per heavy atom. The minimum Gasteiger partial charge on any atom is -0.338 e. The third-order valence-electron chi connectivity index (χ3n) is 6.25. The number of fused-ring (bicyclic) bond motifs is 1. The zero-order valence-corrected chi connectivity index (χ0v) is 18.0. The minimum atomic E-state index is 0.242. The van der Waals surface area contributed by atoms with E-state index < -0.39 is 0 Å². The van der Waals surface area contributed by atoms with Crippen molar-refractivity contribution in [2.45, 2.75) is 31.7 Å². The second-order valence-corrected chi connectivity index (χ2v) is 9.25. The van der Waals surface area contributed by atoms with Crippen molar-refractivity contribution < 1.29 is 4.79 Å². The van der Waals surface area contributed by atoms with E-state index in [9.17, 15) is 4.79 Å². The number of likely N-dealkylation sites (tertiary alicyclic amines) is 1. The van der Waals surface area contributed by atoms with Gasteiger partial charge in [-0.1, -0.05) is 55.0 Å². The second kappa shape index (κ2) is 8.70. The molecule has 0 radical (unpaired) electrons. The maximum atomic E-state index is 13.1. The number of piperidine rings is 1. The number of hydrogen-bond donors (Lipinski definition) is 0. The lowest BCUT2D eigenvalue weighted by Gasteiger charge is -2.36. The zero-order valence-electron chi connectivity index (χ0n) is 17.2. The van der Waals surface area contributed by atoms with Crippen LogP contribution in [0, 0.1) is 0 Å². The number of carbonyl (C=O) groups is 1. The molecular formula is C25H27N3OS. The van der Waals surface area contributed by atoms with Crippen molar-refractivity contribution in [1.82, 2.24) is 14.8 Å². The van der Waals surface area contributed by atoms with Crippen molar-refractivity contribution in [2.75, 3.05) is 26.2 Å². The molecule has 5 rings (SSSR count). The molecule has 0 aliphatic carbocycles. The van der Waals surface area contributed by atoms with E-state index in [-0.39, 0.29) is 11.9 Å². The third-order valence-corrected chi connectivity index (χ3v) is 7.39. The largest absolute Gasteiger partial charge is 0.338 e. The summed E-state index contributed by atoms with van der Waals surface area (Å²) in [6, 6.07) is 19.1. The SMILES string of the molecule is O=C(CN1CCCC[C@H]1c1nc2ccccc2s1)N1CC=C(c2ccccc2)CC1. The third kappa shape index (κ3) is 4.05. The summed E-state index contributed by atoms with van der Waals surface area (Å²) in [5.41, 5.74) is 3.70. The van der Waals surface area contributed by atoms with Crippen molar-refractivity contribution in [3.05, 3.63) is 71.2 Å². The molecule has 1 fully saturated rings. The molecule has 1 atom stereocenters. The normalized spacial score (nSPS) is 20.3. The highest BCUT2D eigenvalue weighted by molar-refractivity contribution is 7.18. The summed E-state index contributed by atoms with van der Waals surface area (Å²) in [6.45, 7) is 2.99. The van der Waals surface area contributed by atoms with Gasteiger partial charge in [0.15, 0.2) is 0 Å². The van der Waals surface area contributed by atoms with E-state index in [4.69, 9.17) is 4.98 Å². The summed E-state index contributed by atoms with van der Waals surface area (Å²) in [5.74, 6) is 0.242. The first-order valence-corrected chi connectivity index (χ1v) is 11.7. The number of rotatable bonds is 4.